The van der Waals surface area contributed by atoms with Crippen LogP contribution in [0.2, 0.25) is 0 Å². The van der Waals surface area contributed by atoms with Crippen molar-refractivity contribution in [1.29, 1.82) is 0 Å². The molecule has 3 heteroatoms. The number of rotatable bonds is 1. The van der Waals surface area contributed by atoms with Gasteiger partial charge in [-0.05, 0) is 47.4 Å². The first-order chi connectivity index (χ1) is 8.75. The van der Waals surface area contributed by atoms with Gasteiger partial charge in [0.2, 0.25) is 5.91 Å². The number of carbonyl (C=O) groups excluding carboxylic acids is 1. The minimum Gasteiger partial charge on any atom is -0.312 e. The van der Waals surface area contributed by atoms with Crippen LogP contribution in [0, 0.1) is 0 Å². The third-order valence-electron chi connectivity index (χ3n) is 3.37. The highest BCUT2D eigenvalue weighted by molar-refractivity contribution is 5.94. The topological polar surface area (TPSA) is 33.2 Å². The van der Waals surface area contributed by atoms with Gasteiger partial charge >= 0.3 is 0 Å². The Balaban J connectivity index is 2.01. The molecule has 0 unspecified atom stereocenters. The van der Waals surface area contributed by atoms with Gasteiger partial charge in [-0.3, -0.25) is 9.78 Å². The number of aromatic nitrogens is 1. The van der Waals surface area contributed by atoms with E-state index in [1.807, 2.05) is 23.1 Å². The Morgan fingerprint density at radius 2 is 1.94 bits per heavy atom. The predicted molar refractivity (Wildman–Crippen MR) is 71.4 cm³/mol. The van der Waals surface area contributed by atoms with Gasteiger partial charge in [0.05, 0.1) is 0 Å². The second-order valence-corrected chi connectivity index (χ2v) is 4.50. The van der Waals surface area contributed by atoms with E-state index < -0.39 is 0 Å². The summed E-state index contributed by atoms with van der Waals surface area (Å²) in [5.74, 6) is 0.116. The SMILES string of the molecule is CC(=O)N1CCc2cc(-c3ccncc3)ccc21. The Morgan fingerprint density at radius 3 is 2.67 bits per heavy atom. The lowest BCUT2D eigenvalue weighted by Gasteiger charge is -2.14. The molecule has 1 amide bonds. The zero-order chi connectivity index (χ0) is 12.5. The number of hydrogen-bond donors (Lipinski definition) is 0. The minimum absolute atomic E-state index is 0.116. The van der Waals surface area contributed by atoms with Crippen LogP contribution < -0.4 is 4.90 Å². The molecule has 1 aromatic carbocycles. The molecule has 0 radical (unpaired) electrons. The molecule has 0 fully saturated rings. The normalized spacial score (nSPS) is 13.5. The molecule has 0 atom stereocenters. The summed E-state index contributed by atoms with van der Waals surface area (Å²) >= 11 is 0. The number of anilines is 1. The molecule has 1 aromatic heterocycles. The fourth-order valence-electron chi connectivity index (χ4n) is 2.45. The summed E-state index contributed by atoms with van der Waals surface area (Å²) in [7, 11) is 0. The molecular formula is C15H14N2O. The first-order valence-corrected chi connectivity index (χ1v) is 6.07. The minimum atomic E-state index is 0.116. The van der Waals surface area contributed by atoms with E-state index in [-0.39, 0.29) is 5.91 Å². The zero-order valence-electron chi connectivity index (χ0n) is 10.3. The van der Waals surface area contributed by atoms with E-state index in [9.17, 15) is 4.79 Å². The van der Waals surface area contributed by atoms with Gasteiger partial charge in [-0.2, -0.15) is 0 Å². The quantitative estimate of drug-likeness (QED) is 0.765. The molecule has 0 saturated carbocycles. The van der Waals surface area contributed by atoms with E-state index in [4.69, 9.17) is 0 Å². The maximum Gasteiger partial charge on any atom is 0.223 e. The van der Waals surface area contributed by atoms with Crippen molar-refractivity contribution in [3.8, 4) is 11.1 Å². The van der Waals surface area contributed by atoms with Crippen LogP contribution >= 0.6 is 0 Å². The van der Waals surface area contributed by atoms with E-state index in [0.29, 0.717) is 0 Å². The summed E-state index contributed by atoms with van der Waals surface area (Å²) in [6.45, 7) is 2.41. The third-order valence-corrected chi connectivity index (χ3v) is 3.37. The van der Waals surface area contributed by atoms with Crippen LogP contribution in [-0.4, -0.2) is 17.4 Å². The van der Waals surface area contributed by atoms with Gasteiger partial charge in [0.25, 0.3) is 0 Å². The Bertz CT molecular complexity index is 593. The first-order valence-electron chi connectivity index (χ1n) is 6.07. The van der Waals surface area contributed by atoms with Crippen molar-refractivity contribution < 1.29 is 4.79 Å². The van der Waals surface area contributed by atoms with Crippen LogP contribution in [0.4, 0.5) is 5.69 Å². The van der Waals surface area contributed by atoms with E-state index in [0.717, 1.165) is 24.2 Å². The summed E-state index contributed by atoms with van der Waals surface area (Å²) in [6, 6.07) is 10.3. The number of amides is 1. The van der Waals surface area contributed by atoms with Crippen molar-refractivity contribution in [3.05, 3.63) is 48.3 Å². The molecule has 1 aliphatic heterocycles. The predicted octanol–water partition coefficient (Wildman–Crippen LogP) is 2.66. The van der Waals surface area contributed by atoms with Gasteiger partial charge in [-0.25, -0.2) is 0 Å². The van der Waals surface area contributed by atoms with Crippen molar-refractivity contribution in [2.75, 3.05) is 11.4 Å². The number of pyridine rings is 1. The summed E-state index contributed by atoms with van der Waals surface area (Å²) in [5, 5.41) is 0. The van der Waals surface area contributed by atoms with Crippen LogP contribution in [0.1, 0.15) is 12.5 Å². The van der Waals surface area contributed by atoms with Crippen molar-refractivity contribution >= 4 is 11.6 Å². The maximum atomic E-state index is 11.5. The molecule has 0 spiro atoms. The van der Waals surface area contributed by atoms with Crippen molar-refractivity contribution in [3.63, 3.8) is 0 Å². The van der Waals surface area contributed by atoms with Crippen LogP contribution in [0.3, 0.4) is 0 Å². The molecule has 0 saturated heterocycles. The standard InChI is InChI=1S/C15H14N2O/c1-11(18)17-9-6-14-10-13(2-3-15(14)17)12-4-7-16-8-5-12/h2-5,7-8,10H,6,9H2,1H3. The number of hydrogen-bond acceptors (Lipinski definition) is 2. The highest BCUT2D eigenvalue weighted by Gasteiger charge is 2.22. The third kappa shape index (κ3) is 1.78. The summed E-state index contributed by atoms with van der Waals surface area (Å²) in [4.78, 5) is 17.3. The smallest absolute Gasteiger partial charge is 0.223 e. The molecule has 3 rings (SSSR count). The van der Waals surface area contributed by atoms with Crippen LogP contribution in [-0.2, 0) is 11.2 Å². The van der Waals surface area contributed by atoms with Gasteiger partial charge in [0.1, 0.15) is 0 Å². The Labute approximate surface area is 106 Å². The van der Waals surface area contributed by atoms with E-state index >= 15 is 0 Å². The molecule has 3 nitrogen and oxygen atoms in total. The second-order valence-electron chi connectivity index (χ2n) is 4.50. The molecular weight excluding hydrogens is 224 g/mol. The van der Waals surface area contributed by atoms with Gasteiger partial charge in [0.15, 0.2) is 0 Å². The van der Waals surface area contributed by atoms with Gasteiger partial charge in [-0.15, -0.1) is 0 Å². The van der Waals surface area contributed by atoms with Crippen LogP contribution in [0.25, 0.3) is 11.1 Å². The molecule has 1 aliphatic rings. The lowest BCUT2D eigenvalue weighted by Crippen LogP contribution is -2.25. The lowest BCUT2D eigenvalue weighted by molar-refractivity contribution is -0.116. The molecule has 2 heterocycles. The highest BCUT2D eigenvalue weighted by Crippen LogP contribution is 2.32. The van der Waals surface area contributed by atoms with E-state index in [1.165, 1.54) is 11.1 Å². The van der Waals surface area contributed by atoms with Crippen molar-refractivity contribution in [2.45, 2.75) is 13.3 Å². The summed E-state index contributed by atoms with van der Waals surface area (Å²) < 4.78 is 0. The summed E-state index contributed by atoms with van der Waals surface area (Å²) in [5.41, 5.74) is 4.65. The fourth-order valence-corrected chi connectivity index (χ4v) is 2.45. The number of benzene rings is 1. The molecule has 2 aromatic rings. The van der Waals surface area contributed by atoms with E-state index in [2.05, 4.69) is 17.1 Å². The Hall–Kier alpha value is -2.16. The van der Waals surface area contributed by atoms with Gasteiger partial charge in [0, 0.05) is 31.5 Å². The molecule has 0 N–H and O–H groups in total. The number of fused-ring (bicyclic) bond motifs is 1. The molecule has 0 bridgehead atoms. The van der Waals surface area contributed by atoms with Crippen molar-refractivity contribution in [2.24, 2.45) is 0 Å². The summed E-state index contributed by atoms with van der Waals surface area (Å²) in [6.07, 6.45) is 4.53. The molecule has 0 aliphatic carbocycles. The second kappa shape index (κ2) is 4.26. The first kappa shape index (κ1) is 11.0. The Kier molecular flexibility index (Phi) is 2.59. The maximum absolute atomic E-state index is 11.5. The average molecular weight is 238 g/mol. The van der Waals surface area contributed by atoms with Crippen LogP contribution in [0.15, 0.2) is 42.7 Å². The highest BCUT2D eigenvalue weighted by atomic mass is 16.2. The van der Waals surface area contributed by atoms with Gasteiger partial charge in [-0.1, -0.05) is 6.07 Å². The fraction of sp³-hybridized carbons (Fsp3) is 0.200. The average Bonchev–Trinajstić information content (AvgIpc) is 2.82. The number of carbonyl (C=O) groups is 1. The van der Waals surface area contributed by atoms with E-state index in [1.54, 1.807) is 19.3 Å². The van der Waals surface area contributed by atoms with Crippen LogP contribution in [0.5, 0.6) is 0 Å². The largest absolute Gasteiger partial charge is 0.312 e. The lowest BCUT2D eigenvalue weighted by atomic mass is 10.0. The molecule has 90 valence electrons. The van der Waals surface area contributed by atoms with Gasteiger partial charge < -0.3 is 4.90 Å². The molecule has 18 heavy (non-hydrogen) atoms. The van der Waals surface area contributed by atoms with Crippen molar-refractivity contribution in [1.82, 2.24) is 4.98 Å². The monoisotopic (exact) mass is 238 g/mol. The number of nitrogens with zero attached hydrogens (tertiary/aromatic N) is 2. The Morgan fingerprint density at radius 1 is 1.17 bits per heavy atom. The zero-order valence-corrected chi connectivity index (χ0v) is 10.3.